The van der Waals surface area contributed by atoms with Crippen molar-refractivity contribution >= 4 is 28.8 Å². The summed E-state index contributed by atoms with van der Waals surface area (Å²) in [5.41, 5.74) is 1.20. The molecular weight excluding hydrogens is 374 g/mol. The zero-order valence-electron chi connectivity index (χ0n) is 14.4. The minimum atomic E-state index is -0.716. The van der Waals surface area contributed by atoms with Crippen LogP contribution in [0.5, 0.6) is 0 Å². The van der Waals surface area contributed by atoms with Crippen LogP contribution in [0.4, 0.5) is 13.6 Å². The van der Waals surface area contributed by atoms with Crippen LogP contribution >= 0.6 is 11.8 Å². The average molecular weight is 390 g/mol. The van der Waals surface area contributed by atoms with Crippen molar-refractivity contribution in [3.05, 3.63) is 70.8 Å². The number of halogens is 2. The summed E-state index contributed by atoms with van der Waals surface area (Å²) >= 11 is 0.952. The van der Waals surface area contributed by atoms with E-state index in [0.29, 0.717) is 11.1 Å². The van der Waals surface area contributed by atoms with Gasteiger partial charge in [0, 0.05) is 30.8 Å². The van der Waals surface area contributed by atoms with E-state index in [2.05, 4.69) is 0 Å². The molecule has 0 bridgehead atoms. The average Bonchev–Trinajstić information content (AvgIpc) is 2.95. The highest BCUT2D eigenvalue weighted by molar-refractivity contribution is 8.14. The number of amides is 3. The van der Waals surface area contributed by atoms with Crippen LogP contribution in [0.15, 0.2) is 42.5 Å². The van der Waals surface area contributed by atoms with Gasteiger partial charge in [0.05, 0.1) is 12.3 Å². The Balaban J connectivity index is 1.72. The number of benzene rings is 2. The standard InChI is InChI=1S/C19H16F2N2O3S/c1-22(10-14-5-6-15(20)8-16(14)21)18(25)13-4-2-3-12(7-13)9-23-17(24)11-27-19(23)26/h2-8H,9-11H2,1H3. The molecule has 2 aromatic carbocycles. The van der Waals surface area contributed by atoms with Crippen molar-refractivity contribution in [1.29, 1.82) is 0 Å². The molecule has 27 heavy (non-hydrogen) atoms. The van der Waals surface area contributed by atoms with Crippen LogP contribution in [0.1, 0.15) is 21.5 Å². The lowest BCUT2D eigenvalue weighted by atomic mass is 10.1. The zero-order valence-corrected chi connectivity index (χ0v) is 15.3. The van der Waals surface area contributed by atoms with Gasteiger partial charge in [-0.1, -0.05) is 30.0 Å². The van der Waals surface area contributed by atoms with Gasteiger partial charge >= 0.3 is 0 Å². The van der Waals surface area contributed by atoms with E-state index in [4.69, 9.17) is 0 Å². The second kappa shape index (κ2) is 7.87. The van der Waals surface area contributed by atoms with Crippen LogP contribution in [-0.4, -0.2) is 39.7 Å². The maximum Gasteiger partial charge on any atom is 0.289 e. The maximum absolute atomic E-state index is 13.8. The van der Waals surface area contributed by atoms with Crippen molar-refractivity contribution in [2.45, 2.75) is 13.1 Å². The Labute approximate surface area is 158 Å². The molecule has 1 aliphatic rings. The van der Waals surface area contributed by atoms with Gasteiger partial charge in [-0.2, -0.15) is 0 Å². The molecule has 8 heteroatoms. The molecule has 0 saturated carbocycles. The third-order valence-electron chi connectivity index (χ3n) is 4.12. The fourth-order valence-corrected chi connectivity index (χ4v) is 3.44. The van der Waals surface area contributed by atoms with E-state index in [0.717, 1.165) is 28.8 Å². The molecule has 1 heterocycles. The van der Waals surface area contributed by atoms with E-state index in [-0.39, 0.29) is 41.5 Å². The van der Waals surface area contributed by atoms with Gasteiger partial charge in [0.2, 0.25) is 5.91 Å². The van der Waals surface area contributed by atoms with Crippen molar-refractivity contribution in [3.8, 4) is 0 Å². The SMILES string of the molecule is CN(Cc1ccc(F)cc1F)C(=O)c1cccc(CN2C(=O)CSC2=O)c1. The summed E-state index contributed by atoms with van der Waals surface area (Å²) in [5.74, 6) is -1.88. The van der Waals surface area contributed by atoms with Crippen molar-refractivity contribution < 1.29 is 23.2 Å². The Hall–Kier alpha value is -2.74. The first-order valence-corrected chi connectivity index (χ1v) is 9.09. The molecule has 3 amide bonds. The molecule has 5 nitrogen and oxygen atoms in total. The molecule has 0 atom stereocenters. The highest BCUT2D eigenvalue weighted by Gasteiger charge is 2.29. The first-order chi connectivity index (χ1) is 12.8. The van der Waals surface area contributed by atoms with Crippen LogP contribution in [0.2, 0.25) is 0 Å². The summed E-state index contributed by atoms with van der Waals surface area (Å²) in [6.45, 7) is 0.0804. The Kier molecular flexibility index (Phi) is 5.55. The summed E-state index contributed by atoms with van der Waals surface area (Å²) in [4.78, 5) is 38.5. The van der Waals surface area contributed by atoms with Gasteiger partial charge < -0.3 is 4.90 Å². The molecule has 0 aliphatic carbocycles. The molecule has 1 aliphatic heterocycles. The van der Waals surface area contributed by atoms with E-state index in [1.54, 1.807) is 24.3 Å². The Morgan fingerprint density at radius 2 is 1.96 bits per heavy atom. The third-order valence-corrected chi connectivity index (χ3v) is 4.98. The van der Waals surface area contributed by atoms with E-state index < -0.39 is 11.6 Å². The fourth-order valence-electron chi connectivity index (χ4n) is 2.72. The van der Waals surface area contributed by atoms with E-state index >= 15 is 0 Å². The van der Waals surface area contributed by atoms with Gasteiger partial charge in [0.25, 0.3) is 11.1 Å². The number of thioether (sulfide) groups is 1. The molecule has 0 spiro atoms. The van der Waals surface area contributed by atoms with E-state index in [1.807, 2.05) is 0 Å². The van der Waals surface area contributed by atoms with Gasteiger partial charge in [-0.05, 0) is 23.8 Å². The summed E-state index contributed by atoms with van der Waals surface area (Å²) in [5, 5.41) is -0.305. The molecule has 0 radical (unpaired) electrons. The molecule has 1 fully saturated rings. The second-order valence-corrected chi connectivity index (χ2v) is 7.06. The lowest BCUT2D eigenvalue weighted by Gasteiger charge is -2.19. The number of nitrogens with zero attached hydrogens (tertiary/aromatic N) is 2. The molecule has 0 aromatic heterocycles. The molecular formula is C19H16F2N2O3S. The van der Waals surface area contributed by atoms with Gasteiger partial charge in [0.1, 0.15) is 11.6 Å². The lowest BCUT2D eigenvalue weighted by Crippen LogP contribution is -2.29. The monoisotopic (exact) mass is 390 g/mol. The number of carbonyl (C=O) groups is 3. The van der Waals surface area contributed by atoms with Crippen LogP contribution in [0.25, 0.3) is 0 Å². The van der Waals surface area contributed by atoms with Gasteiger partial charge in [0.15, 0.2) is 0 Å². The Morgan fingerprint density at radius 3 is 2.63 bits per heavy atom. The van der Waals surface area contributed by atoms with Crippen molar-refractivity contribution in [2.24, 2.45) is 0 Å². The minimum absolute atomic E-state index is 0.0189. The molecule has 1 saturated heterocycles. The highest BCUT2D eigenvalue weighted by Crippen LogP contribution is 2.22. The summed E-state index contributed by atoms with van der Waals surface area (Å²) < 4.78 is 26.8. The minimum Gasteiger partial charge on any atom is -0.337 e. The number of hydrogen-bond acceptors (Lipinski definition) is 4. The largest absolute Gasteiger partial charge is 0.337 e. The summed E-state index contributed by atoms with van der Waals surface area (Å²) in [6, 6.07) is 9.80. The predicted octanol–water partition coefficient (Wildman–Crippen LogP) is 3.43. The molecule has 140 valence electrons. The van der Waals surface area contributed by atoms with Crippen LogP contribution in [0.3, 0.4) is 0 Å². The maximum atomic E-state index is 13.8. The number of carbonyl (C=O) groups excluding carboxylic acids is 3. The van der Waals surface area contributed by atoms with Crippen molar-refractivity contribution in [2.75, 3.05) is 12.8 Å². The van der Waals surface area contributed by atoms with Crippen LogP contribution in [-0.2, 0) is 17.9 Å². The molecule has 3 rings (SSSR count). The predicted molar refractivity (Wildman–Crippen MR) is 97.0 cm³/mol. The highest BCUT2D eigenvalue weighted by atomic mass is 32.2. The molecule has 0 unspecified atom stereocenters. The second-order valence-electron chi connectivity index (χ2n) is 6.13. The number of rotatable bonds is 5. The van der Waals surface area contributed by atoms with Crippen molar-refractivity contribution in [3.63, 3.8) is 0 Å². The van der Waals surface area contributed by atoms with Crippen LogP contribution in [0, 0.1) is 11.6 Å². The van der Waals surface area contributed by atoms with Crippen LogP contribution < -0.4 is 0 Å². The fraction of sp³-hybridized carbons (Fsp3) is 0.211. The van der Waals surface area contributed by atoms with E-state index in [9.17, 15) is 23.2 Å². The van der Waals surface area contributed by atoms with Gasteiger partial charge in [-0.15, -0.1) is 0 Å². The van der Waals surface area contributed by atoms with Gasteiger partial charge in [-0.3, -0.25) is 19.3 Å². The molecule has 0 N–H and O–H groups in total. The third kappa shape index (κ3) is 4.33. The van der Waals surface area contributed by atoms with E-state index in [1.165, 1.54) is 18.0 Å². The zero-order chi connectivity index (χ0) is 19.6. The number of imide groups is 1. The first kappa shape index (κ1) is 19.0. The summed E-state index contributed by atoms with van der Waals surface area (Å²) in [6.07, 6.45) is 0. The quantitative estimate of drug-likeness (QED) is 0.785. The normalized spacial score (nSPS) is 14.0. The smallest absolute Gasteiger partial charge is 0.289 e. The first-order valence-electron chi connectivity index (χ1n) is 8.10. The molecule has 2 aromatic rings. The lowest BCUT2D eigenvalue weighted by molar-refractivity contribution is -0.125. The van der Waals surface area contributed by atoms with Crippen molar-refractivity contribution in [1.82, 2.24) is 9.80 Å². The van der Waals surface area contributed by atoms with Gasteiger partial charge in [-0.25, -0.2) is 8.78 Å². The summed E-state index contributed by atoms with van der Waals surface area (Å²) in [7, 11) is 1.52. The Bertz CT molecular complexity index is 904. The Morgan fingerprint density at radius 1 is 1.19 bits per heavy atom. The number of hydrogen-bond donors (Lipinski definition) is 0. The topological polar surface area (TPSA) is 57.7 Å².